The van der Waals surface area contributed by atoms with Gasteiger partial charge >= 0.3 is 6.03 Å². The molecule has 1 aromatic carbocycles. The molecule has 0 saturated heterocycles. The number of rotatable bonds is 4. The average Bonchev–Trinajstić information content (AvgIpc) is 2.24. The molecule has 0 radical (unpaired) electrons. The summed E-state index contributed by atoms with van der Waals surface area (Å²) < 4.78 is 0. The number of urea groups is 1. The lowest BCUT2D eigenvalue weighted by molar-refractivity contribution is 0.249. The Morgan fingerprint density at radius 2 is 2.05 bits per heavy atom. The molecule has 0 heterocycles. The summed E-state index contributed by atoms with van der Waals surface area (Å²) in [7, 11) is 0. The highest BCUT2D eigenvalue weighted by Gasteiger charge is 2.16. The van der Waals surface area contributed by atoms with Gasteiger partial charge in [-0.1, -0.05) is 32.9 Å². The van der Waals surface area contributed by atoms with E-state index in [1.54, 1.807) is 0 Å². The molecule has 1 unspecified atom stereocenters. The summed E-state index contributed by atoms with van der Waals surface area (Å²) in [5, 5.41) is 5.59. The maximum absolute atomic E-state index is 11.7. The summed E-state index contributed by atoms with van der Waals surface area (Å²) >= 11 is 0. The van der Waals surface area contributed by atoms with Crippen LogP contribution in [-0.4, -0.2) is 18.6 Å². The Labute approximate surface area is 115 Å². The monoisotopic (exact) mass is 263 g/mol. The minimum atomic E-state index is -0.213. The quantitative estimate of drug-likeness (QED) is 0.782. The molecule has 1 aromatic rings. The lowest BCUT2D eigenvalue weighted by Crippen LogP contribution is -2.41. The van der Waals surface area contributed by atoms with E-state index in [1.807, 2.05) is 31.2 Å². The van der Waals surface area contributed by atoms with Crippen molar-refractivity contribution in [1.29, 1.82) is 0 Å². The molecule has 1 rings (SSSR count). The summed E-state index contributed by atoms with van der Waals surface area (Å²) in [5.41, 5.74) is 8.06. The van der Waals surface area contributed by atoms with Crippen LogP contribution < -0.4 is 16.4 Å². The van der Waals surface area contributed by atoms with Crippen molar-refractivity contribution in [2.24, 2.45) is 11.1 Å². The maximum Gasteiger partial charge on any atom is 0.319 e. The summed E-state index contributed by atoms with van der Waals surface area (Å²) in [4.78, 5) is 11.7. The maximum atomic E-state index is 11.7. The normalized spacial score (nSPS) is 12.9. The number of nitrogens with one attached hydrogen (secondary N) is 2. The third-order valence-corrected chi connectivity index (χ3v) is 2.68. The first-order valence-electron chi connectivity index (χ1n) is 6.63. The molecule has 4 N–H and O–H groups in total. The molecule has 1 atom stereocenters. The summed E-state index contributed by atoms with van der Waals surface area (Å²) in [6, 6.07) is 7.45. The third-order valence-electron chi connectivity index (χ3n) is 2.68. The van der Waals surface area contributed by atoms with Crippen molar-refractivity contribution in [3.05, 3.63) is 29.8 Å². The molecular formula is C15H25N3O. The number of nitrogens with two attached hydrogens (primary N) is 1. The van der Waals surface area contributed by atoms with E-state index in [0.717, 1.165) is 17.7 Å². The van der Waals surface area contributed by atoms with Gasteiger partial charge in [0.1, 0.15) is 0 Å². The van der Waals surface area contributed by atoms with Crippen molar-refractivity contribution in [3.8, 4) is 0 Å². The van der Waals surface area contributed by atoms with E-state index in [2.05, 4.69) is 31.4 Å². The van der Waals surface area contributed by atoms with E-state index in [4.69, 9.17) is 5.73 Å². The first-order chi connectivity index (χ1) is 8.76. The zero-order chi connectivity index (χ0) is 14.5. The standard InChI is InChI=1S/C15H25N3O/c1-11-6-5-7-13(8-11)18-14(19)17-10-12(16)9-15(2,3)4/h5-8,12H,9-10,16H2,1-4H3,(H2,17,18,19). The molecular weight excluding hydrogens is 238 g/mol. The number of hydrogen-bond acceptors (Lipinski definition) is 2. The van der Waals surface area contributed by atoms with E-state index in [1.165, 1.54) is 0 Å². The molecule has 0 saturated carbocycles. The largest absolute Gasteiger partial charge is 0.336 e. The van der Waals surface area contributed by atoms with Crippen LogP contribution in [-0.2, 0) is 0 Å². The Morgan fingerprint density at radius 1 is 1.37 bits per heavy atom. The van der Waals surface area contributed by atoms with Crippen molar-refractivity contribution >= 4 is 11.7 Å². The second-order valence-corrected chi connectivity index (χ2v) is 6.23. The van der Waals surface area contributed by atoms with Crippen LogP contribution in [0.2, 0.25) is 0 Å². The molecule has 0 aromatic heterocycles. The Morgan fingerprint density at radius 3 is 2.63 bits per heavy atom. The Kier molecular flexibility index (Phi) is 5.36. The van der Waals surface area contributed by atoms with Gasteiger partial charge in [-0.2, -0.15) is 0 Å². The van der Waals surface area contributed by atoms with Gasteiger partial charge in [0.2, 0.25) is 0 Å². The molecule has 0 aliphatic heterocycles. The van der Waals surface area contributed by atoms with Crippen molar-refractivity contribution in [2.75, 3.05) is 11.9 Å². The number of amides is 2. The molecule has 106 valence electrons. The summed E-state index contributed by atoms with van der Waals surface area (Å²) in [6.07, 6.45) is 0.873. The zero-order valence-corrected chi connectivity index (χ0v) is 12.3. The average molecular weight is 263 g/mol. The molecule has 0 aliphatic carbocycles. The fourth-order valence-electron chi connectivity index (χ4n) is 1.98. The predicted octanol–water partition coefficient (Wildman–Crippen LogP) is 2.88. The predicted molar refractivity (Wildman–Crippen MR) is 80.2 cm³/mol. The topological polar surface area (TPSA) is 67.2 Å². The fraction of sp³-hybridized carbons (Fsp3) is 0.533. The van der Waals surface area contributed by atoms with Crippen molar-refractivity contribution in [3.63, 3.8) is 0 Å². The van der Waals surface area contributed by atoms with E-state index < -0.39 is 0 Å². The smallest absolute Gasteiger partial charge is 0.319 e. The first kappa shape index (κ1) is 15.5. The van der Waals surface area contributed by atoms with Gasteiger partial charge in [0.25, 0.3) is 0 Å². The molecule has 0 aliphatic rings. The Balaban J connectivity index is 2.36. The van der Waals surface area contributed by atoms with Crippen LogP contribution in [0.15, 0.2) is 24.3 Å². The van der Waals surface area contributed by atoms with Crippen LogP contribution in [0.4, 0.5) is 10.5 Å². The molecule has 0 spiro atoms. The second kappa shape index (κ2) is 6.57. The number of aryl methyl sites for hydroxylation is 1. The molecule has 0 bridgehead atoms. The highest BCUT2D eigenvalue weighted by molar-refractivity contribution is 5.89. The minimum absolute atomic E-state index is 0.0248. The van der Waals surface area contributed by atoms with Gasteiger partial charge in [0.15, 0.2) is 0 Å². The number of carbonyl (C=O) groups is 1. The Hall–Kier alpha value is -1.55. The number of anilines is 1. The number of hydrogen-bond donors (Lipinski definition) is 3. The lowest BCUT2D eigenvalue weighted by atomic mass is 9.88. The molecule has 2 amide bonds. The van der Waals surface area contributed by atoms with Crippen molar-refractivity contribution < 1.29 is 4.79 Å². The summed E-state index contributed by atoms with van der Waals surface area (Å²) in [6.45, 7) is 8.89. The lowest BCUT2D eigenvalue weighted by Gasteiger charge is -2.23. The molecule has 0 fully saturated rings. The zero-order valence-electron chi connectivity index (χ0n) is 12.3. The van der Waals surface area contributed by atoms with E-state index in [-0.39, 0.29) is 17.5 Å². The minimum Gasteiger partial charge on any atom is -0.336 e. The highest BCUT2D eigenvalue weighted by atomic mass is 16.2. The van der Waals surface area contributed by atoms with Crippen LogP contribution in [0.25, 0.3) is 0 Å². The van der Waals surface area contributed by atoms with E-state index in [0.29, 0.717) is 6.54 Å². The molecule has 4 heteroatoms. The highest BCUT2D eigenvalue weighted by Crippen LogP contribution is 2.19. The summed E-state index contributed by atoms with van der Waals surface area (Å²) in [5.74, 6) is 0. The van der Waals surface area contributed by atoms with Crippen LogP contribution >= 0.6 is 0 Å². The van der Waals surface area contributed by atoms with Crippen LogP contribution in [0.1, 0.15) is 32.8 Å². The van der Waals surface area contributed by atoms with Gasteiger partial charge in [-0.25, -0.2) is 4.79 Å². The molecule has 19 heavy (non-hydrogen) atoms. The molecule has 4 nitrogen and oxygen atoms in total. The Bertz CT molecular complexity index is 424. The van der Waals surface area contributed by atoms with Crippen LogP contribution in [0, 0.1) is 12.3 Å². The van der Waals surface area contributed by atoms with Crippen LogP contribution in [0.3, 0.4) is 0 Å². The van der Waals surface area contributed by atoms with E-state index >= 15 is 0 Å². The van der Waals surface area contributed by atoms with Crippen molar-refractivity contribution in [1.82, 2.24) is 5.32 Å². The fourth-order valence-corrected chi connectivity index (χ4v) is 1.98. The number of carbonyl (C=O) groups excluding carboxylic acids is 1. The van der Waals surface area contributed by atoms with Gasteiger partial charge in [-0.15, -0.1) is 0 Å². The van der Waals surface area contributed by atoms with Gasteiger partial charge in [-0.3, -0.25) is 0 Å². The van der Waals surface area contributed by atoms with E-state index in [9.17, 15) is 4.79 Å². The second-order valence-electron chi connectivity index (χ2n) is 6.23. The van der Waals surface area contributed by atoms with Gasteiger partial charge < -0.3 is 16.4 Å². The number of benzene rings is 1. The SMILES string of the molecule is Cc1cccc(NC(=O)NCC(N)CC(C)(C)C)c1. The van der Waals surface area contributed by atoms with Crippen molar-refractivity contribution in [2.45, 2.75) is 40.2 Å². The van der Waals surface area contributed by atoms with Gasteiger partial charge in [-0.05, 0) is 36.5 Å². The third kappa shape index (κ3) is 6.82. The van der Waals surface area contributed by atoms with Crippen LogP contribution in [0.5, 0.6) is 0 Å². The first-order valence-corrected chi connectivity index (χ1v) is 6.63. The van der Waals surface area contributed by atoms with Gasteiger partial charge in [0, 0.05) is 18.3 Å². The van der Waals surface area contributed by atoms with Gasteiger partial charge in [0.05, 0.1) is 0 Å².